The average molecular weight is 296 g/mol. The zero-order chi connectivity index (χ0) is 15.9. The van der Waals surface area contributed by atoms with E-state index in [1.165, 1.54) is 12.1 Å². The molecule has 0 saturated carbocycles. The first-order valence-electron chi connectivity index (χ1n) is 6.32. The maximum absolute atomic E-state index is 11.9. The van der Waals surface area contributed by atoms with Gasteiger partial charge in [-0.1, -0.05) is 42.5 Å². The van der Waals surface area contributed by atoms with Crippen LogP contribution in [-0.4, -0.2) is 22.9 Å². The number of carbonyl (C=O) groups is 2. The van der Waals surface area contributed by atoms with E-state index in [0.29, 0.717) is 5.56 Å². The number of aromatic hydroxyl groups is 1. The van der Waals surface area contributed by atoms with E-state index >= 15 is 0 Å². The molecule has 0 fully saturated rings. The highest BCUT2D eigenvalue weighted by Crippen LogP contribution is 2.15. The standard InChI is InChI=1S/C16H12N2O4/c19-10-13(11-6-2-1-3-7-11)16(22)18-17-15(21)12-8-4-5-9-14(12)20/h1-9,20H,(H,17,21)(H,18,22). The molecule has 0 radical (unpaired) electrons. The van der Waals surface area contributed by atoms with Crippen molar-refractivity contribution in [3.8, 4) is 5.75 Å². The van der Waals surface area contributed by atoms with Crippen molar-refractivity contribution in [2.24, 2.45) is 0 Å². The first-order chi connectivity index (χ1) is 10.6. The fraction of sp³-hybridized carbons (Fsp3) is 0. The average Bonchev–Trinajstić information content (AvgIpc) is 2.55. The van der Waals surface area contributed by atoms with Crippen molar-refractivity contribution in [1.82, 2.24) is 10.9 Å². The summed E-state index contributed by atoms with van der Waals surface area (Å²) in [6.07, 6.45) is 0. The first-order valence-corrected chi connectivity index (χ1v) is 6.32. The summed E-state index contributed by atoms with van der Waals surface area (Å²) < 4.78 is 0. The molecule has 3 N–H and O–H groups in total. The molecule has 0 aliphatic heterocycles. The van der Waals surface area contributed by atoms with Gasteiger partial charge < -0.3 is 5.11 Å². The molecule has 0 atom stereocenters. The number of phenolic OH excluding ortho intramolecular Hbond substituents is 1. The smallest absolute Gasteiger partial charge is 0.281 e. The van der Waals surface area contributed by atoms with Crippen LogP contribution in [0, 0.1) is 0 Å². The van der Waals surface area contributed by atoms with E-state index in [1.807, 2.05) is 0 Å². The van der Waals surface area contributed by atoms with Crippen LogP contribution >= 0.6 is 0 Å². The number of nitrogens with one attached hydrogen (secondary N) is 2. The van der Waals surface area contributed by atoms with Crippen molar-refractivity contribution in [2.45, 2.75) is 0 Å². The number of para-hydroxylation sites is 1. The summed E-state index contributed by atoms with van der Waals surface area (Å²) in [5.41, 5.74) is 4.38. The van der Waals surface area contributed by atoms with Crippen LogP contribution < -0.4 is 10.9 Å². The molecule has 6 heteroatoms. The lowest BCUT2D eigenvalue weighted by Gasteiger charge is -2.09. The van der Waals surface area contributed by atoms with E-state index in [9.17, 15) is 19.5 Å². The molecule has 0 unspecified atom stereocenters. The summed E-state index contributed by atoms with van der Waals surface area (Å²) >= 11 is 0. The summed E-state index contributed by atoms with van der Waals surface area (Å²) in [4.78, 5) is 34.7. The van der Waals surface area contributed by atoms with Gasteiger partial charge in [0.05, 0.1) is 5.56 Å². The zero-order valence-corrected chi connectivity index (χ0v) is 11.4. The number of benzene rings is 2. The molecular formula is C16H12N2O4. The third kappa shape index (κ3) is 3.39. The second-order valence-corrected chi connectivity index (χ2v) is 4.27. The Morgan fingerprint density at radius 3 is 2.18 bits per heavy atom. The van der Waals surface area contributed by atoms with Gasteiger partial charge in [-0.3, -0.25) is 20.4 Å². The molecule has 2 aromatic rings. The second-order valence-electron chi connectivity index (χ2n) is 4.27. The molecule has 0 aliphatic carbocycles. The van der Waals surface area contributed by atoms with Crippen LogP contribution in [0.2, 0.25) is 0 Å². The quantitative estimate of drug-likeness (QED) is 0.448. The lowest BCUT2D eigenvalue weighted by molar-refractivity contribution is -0.116. The second kappa shape index (κ2) is 6.88. The fourth-order valence-corrected chi connectivity index (χ4v) is 1.75. The van der Waals surface area contributed by atoms with Crippen LogP contribution in [0.1, 0.15) is 15.9 Å². The Morgan fingerprint density at radius 2 is 1.55 bits per heavy atom. The van der Waals surface area contributed by atoms with Crippen LogP contribution in [0.4, 0.5) is 0 Å². The number of phenols is 1. The number of carbonyl (C=O) groups excluding carboxylic acids is 3. The topological polar surface area (TPSA) is 95.5 Å². The van der Waals surface area contributed by atoms with Crippen LogP contribution in [0.15, 0.2) is 54.6 Å². The Labute approximate surface area is 126 Å². The predicted molar refractivity (Wildman–Crippen MR) is 79.3 cm³/mol. The van der Waals surface area contributed by atoms with E-state index in [4.69, 9.17) is 0 Å². The highest BCUT2D eigenvalue weighted by atomic mass is 16.3. The normalized spacial score (nSPS) is 9.45. The van der Waals surface area contributed by atoms with Crippen molar-refractivity contribution in [2.75, 3.05) is 0 Å². The molecule has 0 aliphatic rings. The number of rotatable bonds is 3. The molecule has 2 amide bonds. The van der Waals surface area contributed by atoms with Gasteiger partial charge in [-0.25, -0.2) is 4.79 Å². The Hall–Kier alpha value is -3.37. The number of hydrogen-bond acceptors (Lipinski definition) is 4. The maximum Gasteiger partial charge on any atom is 0.281 e. The monoisotopic (exact) mass is 296 g/mol. The molecule has 0 saturated heterocycles. The van der Waals surface area contributed by atoms with Crippen molar-refractivity contribution < 1.29 is 19.5 Å². The summed E-state index contributed by atoms with van der Waals surface area (Å²) in [6, 6.07) is 14.1. The number of hydrazine groups is 1. The van der Waals surface area contributed by atoms with Gasteiger partial charge >= 0.3 is 0 Å². The van der Waals surface area contributed by atoms with Crippen molar-refractivity contribution >= 4 is 23.3 Å². The third-order valence-electron chi connectivity index (χ3n) is 2.83. The van der Waals surface area contributed by atoms with E-state index in [0.717, 1.165) is 0 Å². The number of hydrogen-bond donors (Lipinski definition) is 3. The highest BCUT2D eigenvalue weighted by molar-refractivity contribution is 6.27. The van der Waals surface area contributed by atoms with Gasteiger partial charge in [0.1, 0.15) is 17.3 Å². The molecule has 0 spiro atoms. The summed E-state index contributed by atoms with van der Waals surface area (Å²) in [5.74, 6) is -0.177. The maximum atomic E-state index is 11.9. The SMILES string of the molecule is O=C=C(C(=O)NNC(=O)c1ccccc1O)c1ccccc1. The lowest BCUT2D eigenvalue weighted by atomic mass is 10.1. The molecule has 110 valence electrons. The van der Waals surface area contributed by atoms with Gasteiger partial charge in [0.15, 0.2) is 0 Å². The molecule has 2 aromatic carbocycles. The molecule has 2 rings (SSSR count). The first kappa shape index (κ1) is 15.0. The fourth-order valence-electron chi connectivity index (χ4n) is 1.75. The zero-order valence-electron chi connectivity index (χ0n) is 11.4. The number of amides is 2. The Balaban J connectivity index is 2.05. The largest absolute Gasteiger partial charge is 0.507 e. The molecule has 0 bridgehead atoms. The van der Waals surface area contributed by atoms with Crippen LogP contribution in [0.25, 0.3) is 5.57 Å². The molecule has 0 heterocycles. The molecular weight excluding hydrogens is 284 g/mol. The Morgan fingerprint density at radius 1 is 0.909 bits per heavy atom. The highest BCUT2D eigenvalue weighted by Gasteiger charge is 2.15. The van der Waals surface area contributed by atoms with E-state index in [2.05, 4.69) is 10.9 Å². The third-order valence-corrected chi connectivity index (χ3v) is 2.83. The van der Waals surface area contributed by atoms with E-state index in [1.54, 1.807) is 48.4 Å². The summed E-state index contributed by atoms with van der Waals surface area (Å²) in [5, 5.41) is 9.54. The van der Waals surface area contributed by atoms with Gasteiger partial charge in [-0.15, -0.1) is 0 Å². The van der Waals surface area contributed by atoms with Crippen LogP contribution in [0.5, 0.6) is 5.75 Å². The van der Waals surface area contributed by atoms with Gasteiger partial charge in [0, 0.05) is 0 Å². The van der Waals surface area contributed by atoms with Crippen LogP contribution in [0.3, 0.4) is 0 Å². The van der Waals surface area contributed by atoms with Crippen molar-refractivity contribution in [3.05, 3.63) is 65.7 Å². The minimum atomic E-state index is -0.801. The summed E-state index contributed by atoms with van der Waals surface area (Å²) in [6.45, 7) is 0. The van der Waals surface area contributed by atoms with Crippen molar-refractivity contribution in [3.63, 3.8) is 0 Å². The Bertz CT molecular complexity index is 750. The van der Waals surface area contributed by atoms with Gasteiger partial charge in [0.2, 0.25) is 0 Å². The molecule has 0 aromatic heterocycles. The molecule has 6 nitrogen and oxygen atoms in total. The van der Waals surface area contributed by atoms with Gasteiger partial charge in [-0.2, -0.15) is 0 Å². The predicted octanol–water partition coefficient (Wildman–Crippen LogP) is 1.07. The van der Waals surface area contributed by atoms with Crippen molar-refractivity contribution in [1.29, 1.82) is 0 Å². The summed E-state index contributed by atoms with van der Waals surface area (Å²) in [7, 11) is 0. The Kier molecular flexibility index (Phi) is 4.70. The van der Waals surface area contributed by atoms with Gasteiger partial charge in [-0.05, 0) is 17.7 Å². The van der Waals surface area contributed by atoms with E-state index in [-0.39, 0.29) is 16.9 Å². The van der Waals surface area contributed by atoms with Crippen LogP contribution in [-0.2, 0) is 9.59 Å². The van der Waals surface area contributed by atoms with E-state index < -0.39 is 11.8 Å². The lowest BCUT2D eigenvalue weighted by Crippen LogP contribution is -2.42. The minimum Gasteiger partial charge on any atom is -0.507 e. The minimum absolute atomic E-state index is 0.000793. The molecule has 22 heavy (non-hydrogen) atoms. The van der Waals surface area contributed by atoms with Gasteiger partial charge in [0.25, 0.3) is 11.8 Å².